The Morgan fingerprint density at radius 1 is 1.29 bits per heavy atom. The van der Waals surface area contributed by atoms with Crippen LogP contribution in [0.3, 0.4) is 0 Å². The highest BCUT2D eigenvalue weighted by molar-refractivity contribution is 7.12. The summed E-state index contributed by atoms with van der Waals surface area (Å²) < 4.78 is 4.68. The summed E-state index contributed by atoms with van der Waals surface area (Å²) in [6, 6.07) is 2.88. The number of amides is 1. The summed E-state index contributed by atoms with van der Waals surface area (Å²) >= 11 is 1.36. The first-order valence-corrected chi connectivity index (χ1v) is 7.76. The third kappa shape index (κ3) is 6.08. The molecule has 0 saturated heterocycles. The second-order valence-electron chi connectivity index (χ2n) is 5.17. The van der Waals surface area contributed by atoms with Crippen LogP contribution in [-0.4, -0.2) is 30.8 Å². The molecule has 1 atom stereocenters. The van der Waals surface area contributed by atoms with Gasteiger partial charge in [-0.05, 0) is 23.8 Å². The van der Waals surface area contributed by atoms with E-state index in [1.54, 1.807) is 12.1 Å². The molecule has 0 fully saturated rings. The summed E-state index contributed by atoms with van der Waals surface area (Å²) in [6.45, 7) is 3.92. The predicted molar refractivity (Wildman–Crippen MR) is 81.3 cm³/mol. The van der Waals surface area contributed by atoms with Crippen molar-refractivity contribution in [2.75, 3.05) is 7.11 Å². The van der Waals surface area contributed by atoms with E-state index < -0.39 is 12.0 Å². The van der Waals surface area contributed by atoms with Gasteiger partial charge >= 0.3 is 5.97 Å². The van der Waals surface area contributed by atoms with Crippen LogP contribution in [0.25, 0.3) is 0 Å². The van der Waals surface area contributed by atoms with E-state index >= 15 is 0 Å². The minimum Gasteiger partial charge on any atom is -0.467 e. The van der Waals surface area contributed by atoms with E-state index in [4.69, 9.17) is 0 Å². The molecule has 1 aromatic rings. The van der Waals surface area contributed by atoms with E-state index in [-0.39, 0.29) is 30.4 Å². The molecule has 6 heteroatoms. The largest absolute Gasteiger partial charge is 0.467 e. The standard InChI is InChI=1S/C15H21NO4S/c1-10(2)9-11(15(19)20-3)16-14(18)7-6-12(17)13-5-4-8-21-13/h4-5,8,10-11H,6-7,9H2,1-3H3,(H,16,18). The summed E-state index contributed by atoms with van der Waals surface area (Å²) in [7, 11) is 1.29. The lowest BCUT2D eigenvalue weighted by molar-refractivity contribution is -0.145. The molecule has 5 nitrogen and oxygen atoms in total. The van der Waals surface area contributed by atoms with E-state index in [1.165, 1.54) is 18.4 Å². The van der Waals surface area contributed by atoms with Gasteiger partial charge in [0.25, 0.3) is 0 Å². The number of ketones is 1. The number of hydrogen-bond donors (Lipinski definition) is 1. The van der Waals surface area contributed by atoms with Gasteiger partial charge in [-0.1, -0.05) is 19.9 Å². The van der Waals surface area contributed by atoms with E-state index in [0.29, 0.717) is 11.3 Å². The van der Waals surface area contributed by atoms with Crippen LogP contribution in [0.4, 0.5) is 0 Å². The lowest BCUT2D eigenvalue weighted by Gasteiger charge is -2.18. The summed E-state index contributed by atoms with van der Waals surface area (Å²) in [5.74, 6) is -0.571. The lowest BCUT2D eigenvalue weighted by atomic mass is 10.0. The van der Waals surface area contributed by atoms with Crippen LogP contribution in [0.2, 0.25) is 0 Å². The van der Waals surface area contributed by atoms with Gasteiger partial charge in [0, 0.05) is 12.8 Å². The van der Waals surface area contributed by atoms with Gasteiger partial charge in [-0.3, -0.25) is 9.59 Å². The molecule has 1 rings (SSSR count). The number of methoxy groups -OCH3 is 1. The van der Waals surface area contributed by atoms with Crippen LogP contribution in [0, 0.1) is 5.92 Å². The van der Waals surface area contributed by atoms with Gasteiger partial charge in [0.1, 0.15) is 6.04 Å². The molecule has 1 aromatic heterocycles. The Bertz CT molecular complexity index is 482. The fourth-order valence-electron chi connectivity index (χ4n) is 1.88. The number of carbonyl (C=O) groups excluding carboxylic acids is 3. The first-order chi connectivity index (χ1) is 9.93. The van der Waals surface area contributed by atoms with Crippen molar-refractivity contribution in [3.63, 3.8) is 0 Å². The maximum absolute atomic E-state index is 11.9. The molecular formula is C15H21NO4S. The molecule has 116 valence electrons. The van der Waals surface area contributed by atoms with Crippen molar-refractivity contribution < 1.29 is 19.1 Å². The lowest BCUT2D eigenvalue weighted by Crippen LogP contribution is -2.42. The molecule has 0 aliphatic heterocycles. The highest BCUT2D eigenvalue weighted by atomic mass is 32.1. The summed E-state index contributed by atoms with van der Waals surface area (Å²) in [5, 5.41) is 4.46. The monoisotopic (exact) mass is 311 g/mol. The molecule has 0 aliphatic rings. The van der Waals surface area contributed by atoms with Crippen molar-refractivity contribution in [1.82, 2.24) is 5.32 Å². The predicted octanol–water partition coefficient (Wildman–Crippen LogP) is 2.41. The summed E-state index contributed by atoms with van der Waals surface area (Å²) in [5.41, 5.74) is 0. The number of thiophene rings is 1. The van der Waals surface area contributed by atoms with Crippen LogP contribution in [-0.2, 0) is 14.3 Å². The molecule has 0 bridgehead atoms. The number of nitrogens with one attached hydrogen (secondary N) is 1. The fourth-order valence-corrected chi connectivity index (χ4v) is 2.58. The van der Waals surface area contributed by atoms with Crippen molar-refractivity contribution >= 4 is 29.0 Å². The molecule has 0 aliphatic carbocycles. The average Bonchev–Trinajstić information content (AvgIpc) is 2.96. The van der Waals surface area contributed by atoms with Gasteiger partial charge in [0.2, 0.25) is 5.91 Å². The number of Topliss-reactive ketones (excluding diaryl/α,β-unsaturated/α-hetero) is 1. The molecule has 1 unspecified atom stereocenters. The van der Waals surface area contributed by atoms with Crippen LogP contribution in [0.1, 0.15) is 42.8 Å². The van der Waals surface area contributed by atoms with E-state index in [0.717, 1.165) is 0 Å². The van der Waals surface area contributed by atoms with Crippen LogP contribution < -0.4 is 5.32 Å². The van der Waals surface area contributed by atoms with Crippen molar-refractivity contribution in [3.05, 3.63) is 22.4 Å². The average molecular weight is 311 g/mol. The quantitative estimate of drug-likeness (QED) is 0.591. The number of esters is 1. The van der Waals surface area contributed by atoms with Crippen molar-refractivity contribution in [3.8, 4) is 0 Å². The summed E-state index contributed by atoms with van der Waals surface area (Å²) in [4.78, 5) is 35.9. The normalized spacial score (nSPS) is 12.0. The Balaban J connectivity index is 2.46. The number of ether oxygens (including phenoxy) is 1. The highest BCUT2D eigenvalue weighted by Crippen LogP contribution is 2.12. The maximum Gasteiger partial charge on any atom is 0.328 e. The van der Waals surface area contributed by atoms with E-state index in [1.807, 2.05) is 19.2 Å². The number of carbonyl (C=O) groups is 3. The molecule has 21 heavy (non-hydrogen) atoms. The molecule has 1 amide bonds. The second kappa shape index (κ2) is 8.56. The third-order valence-corrected chi connectivity index (χ3v) is 3.81. The molecule has 0 radical (unpaired) electrons. The third-order valence-electron chi connectivity index (χ3n) is 2.90. The number of rotatable bonds is 8. The van der Waals surface area contributed by atoms with Crippen LogP contribution in [0.15, 0.2) is 17.5 Å². The van der Waals surface area contributed by atoms with Crippen molar-refractivity contribution in [2.45, 2.75) is 39.2 Å². The Labute approximate surface area is 128 Å². The Hall–Kier alpha value is -1.69. The van der Waals surface area contributed by atoms with Gasteiger partial charge in [0.15, 0.2) is 5.78 Å². The zero-order chi connectivity index (χ0) is 15.8. The fraction of sp³-hybridized carbons (Fsp3) is 0.533. The van der Waals surface area contributed by atoms with Crippen molar-refractivity contribution in [2.24, 2.45) is 5.92 Å². The second-order valence-corrected chi connectivity index (χ2v) is 6.12. The Morgan fingerprint density at radius 2 is 2.00 bits per heavy atom. The first-order valence-electron chi connectivity index (χ1n) is 6.88. The molecule has 0 spiro atoms. The van der Waals surface area contributed by atoms with Crippen LogP contribution in [0.5, 0.6) is 0 Å². The SMILES string of the molecule is COC(=O)C(CC(C)C)NC(=O)CCC(=O)c1cccs1. The van der Waals surface area contributed by atoms with E-state index in [2.05, 4.69) is 10.1 Å². The van der Waals surface area contributed by atoms with Crippen molar-refractivity contribution in [1.29, 1.82) is 0 Å². The minimum atomic E-state index is -0.653. The van der Waals surface area contributed by atoms with Gasteiger partial charge in [-0.15, -0.1) is 11.3 Å². The smallest absolute Gasteiger partial charge is 0.328 e. The zero-order valence-electron chi connectivity index (χ0n) is 12.5. The van der Waals surface area contributed by atoms with Crippen LogP contribution >= 0.6 is 11.3 Å². The topological polar surface area (TPSA) is 72.5 Å². The minimum absolute atomic E-state index is 0.0568. The number of hydrogen-bond acceptors (Lipinski definition) is 5. The molecule has 1 N–H and O–H groups in total. The van der Waals surface area contributed by atoms with Gasteiger partial charge in [-0.25, -0.2) is 4.79 Å². The highest BCUT2D eigenvalue weighted by Gasteiger charge is 2.22. The van der Waals surface area contributed by atoms with Gasteiger partial charge < -0.3 is 10.1 Å². The maximum atomic E-state index is 11.9. The molecule has 0 aromatic carbocycles. The summed E-state index contributed by atoms with van der Waals surface area (Å²) in [6.07, 6.45) is 0.724. The Morgan fingerprint density at radius 3 is 2.52 bits per heavy atom. The van der Waals surface area contributed by atoms with E-state index in [9.17, 15) is 14.4 Å². The van der Waals surface area contributed by atoms with Gasteiger partial charge in [-0.2, -0.15) is 0 Å². The zero-order valence-corrected chi connectivity index (χ0v) is 13.4. The molecular weight excluding hydrogens is 290 g/mol. The molecule has 1 heterocycles. The van der Waals surface area contributed by atoms with Gasteiger partial charge in [0.05, 0.1) is 12.0 Å². The molecule has 0 saturated carbocycles. The Kier molecular flexibility index (Phi) is 7.08. The first kappa shape index (κ1) is 17.4.